The number of carbonyl (C=O) groups is 2. The summed E-state index contributed by atoms with van der Waals surface area (Å²) in [4.78, 5) is 20.2. The number of rotatable bonds is 5. The Balaban J connectivity index is 0. The third-order valence-corrected chi connectivity index (χ3v) is 4.51. The minimum Gasteiger partial charge on any atom is -0.481 e. The molecule has 2 aliphatic rings. The zero-order valence-corrected chi connectivity index (χ0v) is 18.8. The molecule has 0 spiro atoms. The molecule has 33 heavy (non-hydrogen) atoms. The van der Waals surface area contributed by atoms with Gasteiger partial charge in [0.25, 0.3) is 5.97 Å². The van der Waals surface area contributed by atoms with Gasteiger partial charge in [-0.1, -0.05) is 6.92 Å². The Bertz CT molecular complexity index is 560. The van der Waals surface area contributed by atoms with Crippen LogP contribution in [0.5, 0.6) is 0 Å². The molecule has 193 valence electrons. The molecule has 0 amide bonds. The number of ether oxygens (including phenoxy) is 4. The summed E-state index contributed by atoms with van der Waals surface area (Å²) >= 11 is 0. The molecule has 2 rings (SSSR count). The van der Waals surface area contributed by atoms with Gasteiger partial charge in [-0.05, 0) is 6.92 Å². The van der Waals surface area contributed by atoms with E-state index in [2.05, 4.69) is 0 Å². The summed E-state index contributed by atoms with van der Waals surface area (Å²) in [6.45, 7) is 3.80. The maximum Gasteiger partial charge on any atom is 0.333 e. The van der Waals surface area contributed by atoms with Crippen molar-refractivity contribution in [3.8, 4) is 0 Å². The van der Waals surface area contributed by atoms with E-state index in [1.54, 1.807) is 6.92 Å². The lowest BCUT2D eigenvalue weighted by Crippen LogP contribution is -2.63. The molecule has 3 radical (unpaired) electrons. The molecule has 0 aromatic heterocycles. The average Bonchev–Trinajstić information content (AvgIpc) is 2.71. The molecule has 2 heterocycles. The van der Waals surface area contributed by atoms with Crippen molar-refractivity contribution in [2.45, 2.75) is 76.1 Å². The number of carboxylic acid groups (broad SMARTS) is 2. The maximum atomic E-state index is 11.2. The molecule has 0 aliphatic carbocycles. The van der Waals surface area contributed by atoms with Crippen molar-refractivity contribution in [3.63, 3.8) is 0 Å². The van der Waals surface area contributed by atoms with Crippen LogP contribution in [0.2, 0.25) is 0 Å². The number of aliphatic carboxylic acids is 2. The number of hydrogen-bond acceptors (Lipinski definition) is 12. The molecular formula is C18H34BO14. The molecule has 0 bridgehead atoms. The minimum atomic E-state index is -1.61. The molecule has 8 N–H and O–H groups in total. The highest BCUT2D eigenvalue weighted by atomic mass is 16.7. The van der Waals surface area contributed by atoms with E-state index in [1.165, 1.54) is 14.0 Å². The first kappa shape index (κ1) is 33.8. The monoisotopic (exact) mass is 485 g/mol. The third kappa shape index (κ3) is 9.78. The van der Waals surface area contributed by atoms with E-state index < -0.39 is 79.8 Å². The first-order chi connectivity index (χ1) is 14.9. The van der Waals surface area contributed by atoms with E-state index in [9.17, 15) is 30.3 Å². The van der Waals surface area contributed by atoms with Gasteiger partial charge in [-0.15, -0.1) is 0 Å². The van der Waals surface area contributed by atoms with Crippen molar-refractivity contribution in [2.75, 3.05) is 20.3 Å². The van der Waals surface area contributed by atoms with Crippen molar-refractivity contribution in [2.24, 2.45) is 5.92 Å². The first-order valence-electron chi connectivity index (χ1n) is 9.73. The smallest absolute Gasteiger partial charge is 0.333 e. The van der Waals surface area contributed by atoms with Gasteiger partial charge in [0.2, 0.25) is 0 Å². The molecule has 2 aliphatic heterocycles. The Morgan fingerprint density at radius 3 is 1.76 bits per heavy atom. The van der Waals surface area contributed by atoms with E-state index in [0.29, 0.717) is 0 Å². The van der Waals surface area contributed by atoms with Crippen molar-refractivity contribution < 1.29 is 69.4 Å². The Morgan fingerprint density at radius 2 is 1.36 bits per heavy atom. The van der Waals surface area contributed by atoms with Crippen molar-refractivity contribution in [1.29, 1.82) is 0 Å². The number of methoxy groups -OCH3 is 1. The van der Waals surface area contributed by atoms with Gasteiger partial charge in [0, 0.05) is 35.0 Å². The fraction of sp³-hybridized carbons (Fsp3) is 0.889. The van der Waals surface area contributed by atoms with Crippen molar-refractivity contribution >= 4 is 20.4 Å². The lowest BCUT2D eigenvalue weighted by molar-refractivity contribution is -0.349. The molecule has 0 aromatic rings. The van der Waals surface area contributed by atoms with Gasteiger partial charge < -0.3 is 59.8 Å². The number of hydrogen-bond donors (Lipinski definition) is 8. The second-order valence-corrected chi connectivity index (χ2v) is 6.98. The van der Waals surface area contributed by atoms with Crippen LogP contribution in [0.4, 0.5) is 0 Å². The normalized spacial score (nSPS) is 37.9. The van der Waals surface area contributed by atoms with Gasteiger partial charge in [0.1, 0.15) is 30.5 Å². The molecule has 0 saturated carbocycles. The lowest BCUT2D eigenvalue weighted by atomic mass is 9.90. The minimum absolute atomic E-state index is 0. The van der Waals surface area contributed by atoms with E-state index in [-0.39, 0.29) is 15.0 Å². The molecule has 2 saturated heterocycles. The first-order valence-corrected chi connectivity index (χ1v) is 9.73. The van der Waals surface area contributed by atoms with Crippen molar-refractivity contribution in [3.05, 3.63) is 0 Å². The van der Waals surface area contributed by atoms with Crippen LogP contribution in [0.25, 0.3) is 0 Å². The van der Waals surface area contributed by atoms with E-state index in [1.807, 2.05) is 0 Å². The molecule has 0 aromatic carbocycles. The number of aliphatic hydroxyl groups is 6. The summed E-state index contributed by atoms with van der Waals surface area (Å²) in [5.74, 6) is -3.09. The summed E-state index contributed by atoms with van der Waals surface area (Å²) in [6, 6.07) is 0. The largest absolute Gasteiger partial charge is 0.481 e. The molecule has 2 fully saturated rings. The highest BCUT2D eigenvalue weighted by molar-refractivity contribution is 5.75. The zero-order chi connectivity index (χ0) is 25.2. The second-order valence-electron chi connectivity index (χ2n) is 6.98. The lowest BCUT2D eigenvalue weighted by Gasteiger charge is -2.45. The molecular weight excluding hydrogens is 451 g/mol. The maximum absolute atomic E-state index is 11.2. The Labute approximate surface area is 192 Å². The molecule has 14 nitrogen and oxygen atoms in total. The van der Waals surface area contributed by atoms with Crippen LogP contribution in [-0.2, 0) is 28.5 Å². The predicted octanol–water partition coefficient (Wildman–Crippen LogP) is -3.67. The SMILES string of the molecule is CC(=O)O.CCO.CO[C@@H]1OC(CO)[C@@H](O[C@H]2OC(C(=O)O)[C@@H](C)[C@@H](O)C2O)[C@@H](O)C1O.[B]. The predicted molar refractivity (Wildman–Crippen MR) is 109 cm³/mol. The molecule has 4 unspecified atom stereocenters. The number of aliphatic hydroxyl groups excluding tert-OH is 6. The summed E-state index contributed by atoms with van der Waals surface area (Å²) in [5.41, 5.74) is 0. The third-order valence-electron chi connectivity index (χ3n) is 4.51. The fourth-order valence-electron chi connectivity index (χ4n) is 2.97. The van der Waals surface area contributed by atoms with E-state index in [4.69, 9.17) is 39.1 Å². The van der Waals surface area contributed by atoms with E-state index in [0.717, 1.165) is 6.92 Å². The van der Waals surface area contributed by atoms with Gasteiger partial charge in [0.15, 0.2) is 18.7 Å². The summed E-state index contributed by atoms with van der Waals surface area (Å²) in [7, 11) is 1.24. The van der Waals surface area contributed by atoms with Crippen LogP contribution in [0.1, 0.15) is 20.8 Å². The van der Waals surface area contributed by atoms with Gasteiger partial charge in [-0.25, -0.2) is 4.79 Å². The Hall–Kier alpha value is -1.40. The van der Waals surface area contributed by atoms with Crippen LogP contribution in [0.3, 0.4) is 0 Å². The Morgan fingerprint density at radius 1 is 0.909 bits per heavy atom. The van der Waals surface area contributed by atoms with E-state index >= 15 is 0 Å². The summed E-state index contributed by atoms with van der Waals surface area (Å²) < 4.78 is 20.7. The summed E-state index contributed by atoms with van der Waals surface area (Å²) in [6.07, 6.45) is -12.9. The van der Waals surface area contributed by atoms with Gasteiger partial charge in [-0.2, -0.15) is 0 Å². The van der Waals surface area contributed by atoms with Crippen LogP contribution in [0, 0.1) is 5.92 Å². The topological polar surface area (TPSA) is 233 Å². The van der Waals surface area contributed by atoms with Crippen LogP contribution in [0.15, 0.2) is 0 Å². The fourth-order valence-corrected chi connectivity index (χ4v) is 2.97. The standard InChI is InChI=1S/C14H24O11.C2H4O2.C2H6O.B/c1-4-6(16)8(18)14(24-10(4)12(20)21)25-11-5(3-15)23-13(22-2)9(19)7(11)17;1-2(3)4;1-2-3;/h4-11,13-19H,3H2,1-2H3,(H,20,21);1H3,(H,3,4);3H,2H2,1H3;/t4-,5?,6+,7-,8?,9?,10?,11+,13+,14+;;;/m0.../s1. The van der Waals surface area contributed by atoms with Gasteiger partial charge >= 0.3 is 5.97 Å². The number of carboxylic acids is 2. The Kier molecular flexibility index (Phi) is 16.7. The highest BCUT2D eigenvalue weighted by Crippen LogP contribution is 2.31. The van der Waals surface area contributed by atoms with Crippen LogP contribution < -0.4 is 0 Å². The highest BCUT2D eigenvalue weighted by Gasteiger charge is 2.51. The van der Waals surface area contributed by atoms with Gasteiger partial charge in [0.05, 0.1) is 12.7 Å². The summed E-state index contributed by atoms with van der Waals surface area (Å²) in [5, 5.41) is 73.8. The van der Waals surface area contributed by atoms with Crippen LogP contribution >= 0.6 is 0 Å². The second kappa shape index (κ2) is 16.3. The van der Waals surface area contributed by atoms with Crippen LogP contribution in [-0.4, -0.2) is 137 Å². The average molecular weight is 485 g/mol. The van der Waals surface area contributed by atoms with Crippen molar-refractivity contribution in [1.82, 2.24) is 0 Å². The molecule has 15 heteroatoms. The quantitative estimate of drug-likeness (QED) is 0.175. The van der Waals surface area contributed by atoms with Gasteiger partial charge in [-0.3, -0.25) is 4.79 Å². The zero-order valence-electron chi connectivity index (χ0n) is 18.8. The molecule has 10 atom stereocenters.